The predicted octanol–water partition coefficient (Wildman–Crippen LogP) is 8.34. The second-order valence-electron chi connectivity index (χ2n) is 14.7. The number of rotatable bonds is 2. The fourth-order valence-corrected chi connectivity index (χ4v) is 8.81. The quantitative estimate of drug-likeness (QED) is 0.473. The summed E-state index contributed by atoms with van der Waals surface area (Å²) >= 11 is 0. The minimum absolute atomic E-state index is 0.0968. The van der Waals surface area contributed by atoms with Crippen LogP contribution in [0, 0.1) is 35.5 Å². The van der Waals surface area contributed by atoms with Gasteiger partial charge < -0.3 is 10.2 Å². The van der Waals surface area contributed by atoms with E-state index < -0.39 is 0 Å². The van der Waals surface area contributed by atoms with Gasteiger partial charge in [-0.25, -0.2) is 0 Å². The van der Waals surface area contributed by atoms with Gasteiger partial charge in [-0.2, -0.15) is 0 Å². The number of hydrogen-bond acceptors (Lipinski definition) is 2. The summed E-state index contributed by atoms with van der Waals surface area (Å²) in [6.45, 7) is 18.9. The predicted molar refractivity (Wildman–Crippen MR) is 141 cm³/mol. The molecule has 0 saturated heterocycles. The molecule has 2 heteroatoms. The van der Waals surface area contributed by atoms with E-state index in [2.05, 4.69) is 65.8 Å². The first-order chi connectivity index (χ1) is 15.6. The first kappa shape index (κ1) is 23.8. The van der Waals surface area contributed by atoms with Crippen LogP contribution >= 0.6 is 0 Å². The largest absolute Gasteiger partial charge is 0.508 e. The maximum atomic E-state index is 10.3. The molecule has 0 radical (unpaired) electrons. The van der Waals surface area contributed by atoms with Crippen molar-refractivity contribution in [3.63, 3.8) is 0 Å². The Morgan fingerprint density at radius 1 is 0.559 bits per heavy atom. The molecule has 0 amide bonds. The highest BCUT2D eigenvalue weighted by atomic mass is 16.3. The first-order valence-corrected chi connectivity index (χ1v) is 13.2. The van der Waals surface area contributed by atoms with Crippen LogP contribution in [0.1, 0.15) is 102 Å². The average molecular weight is 461 g/mol. The molecular weight excluding hydrogens is 416 g/mol. The van der Waals surface area contributed by atoms with Crippen LogP contribution in [-0.4, -0.2) is 10.2 Å². The van der Waals surface area contributed by atoms with Crippen LogP contribution in [0.15, 0.2) is 36.4 Å². The molecular formula is C32H44O2. The molecule has 0 spiro atoms. The molecule has 184 valence electrons. The van der Waals surface area contributed by atoms with E-state index in [1.807, 2.05) is 26.0 Å². The topological polar surface area (TPSA) is 40.5 Å². The van der Waals surface area contributed by atoms with Gasteiger partial charge in [0.05, 0.1) is 0 Å². The van der Waals surface area contributed by atoms with Crippen molar-refractivity contribution in [1.29, 1.82) is 0 Å². The molecule has 2 N–H and O–H groups in total. The van der Waals surface area contributed by atoms with E-state index in [1.165, 1.54) is 43.2 Å². The van der Waals surface area contributed by atoms with Crippen molar-refractivity contribution in [3.05, 3.63) is 58.7 Å². The van der Waals surface area contributed by atoms with Crippen LogP contribution in [0.5, 0.6) is 11.5 Å². The molecule has 0 aromatic heterocycles. The van der Waals surface area contributed by atoms with Crippen LogP contribution in [0.3, 0.4) is 0 Å². The van der Waals surface area contributed by atoms with Crippen molar-refractivity contribution in [1.82, 2.24) is 0 Å². The summed E-state index contributed by atoms with van der Waals surface area (Å²) in [5.74, 6) is 0.793. The molecule has 2 aromatic carbocycles. The SMILES string of the molecule is Cc1cc(C23CC4(c5ccc(O)c(C)c5)CC(C(C)(C)C)(C2)CC(C(C)(C)C)(C3)C4)ccc1O. The van der Waals surface area contributed by atoms with E-state index in [1.54, 1.807) is 0 Å². The highest BCUT2D eigenvalue weighted by Crippen LogP contribution is 2.80. The van der Waals surface area contributed by atoms with E-state index in [4.69, 9.17) is 0 Å². The fraction of sp³-hybridized carbons (Fsp3) is 0.625. The lowest BCUT2D eigenvalue weighted by atomic mass is 9.28. The van der Waals surface area contributed by atoms with Gasteiger partial charge >= 0.3 is 0 Å². The Morgan fingerprint density at radius 2 is 0.912 bits per heavy atom. The smallest absolute Gasteiger partial charge is 0.118 e. The molecule has 0 atom stereocenters. The highest BCUT2D eigenvalue weighted by molar-refractivity contribution is 5.47. The number of aromatic hydroxyl groups is 2. The van der Waals surface area contributed by atoms with Gasteiger partial charge in [0.1, 0.15) is 11.5 Å². The molecule has 4 aliphatic carbocycles. The Kier molecular flexibility index (Phi) is 4.77. The van der Waals surface area contributed by atoms with Crippen molar-refractivity contribution >= 4 is 0 Å². The van der Waals surface area contributed by atoms with Crippen molar-refractivity contribution in [2.24, 2.45) is 21.7 Å². The molecule has 4 aliphatic rings. The van der Waals surface area contributed by atoms with E-state index in [0.29, 0.717) is 11.5 Å². The minimum atomic E-state index is 0.0968. The van der Waals surface area contributed by atoms with Crippen LogP contribution < -0.4 is 0 Å². The van der Waals surface area contributed by atoms with Gasteiger partial charge in [0, 0.05) is 0 Å². The summed E-state index contributed by atoms with van der Waals surface area (Å²) in [6.07, 6.45) is 7.36. The summed E-state index contributed by atoms with van der Waals surface area (Å²) in [4.78, 5) is 0. The normalized spacial score (nSPS) is 35.1. The number of hydrogen-bond donors (Lipinski definition) is 2. The third kappa shape index (κ3) is 3.12. The molecule has 4 bridgehead atoms. The third-order valence-electron chi connectivity index (χ3n) is 10.9. The maximum absolute atomic E-state index is 10.3. The number of benzene rings is 2. The van der Waals surface area contributed by atoms with Gasteiger partial charge in [-0.1, -0.05) is 65.8 Å². The maximum Gasteiger partial charge on any atom is 0.118 e. The molecule has 0 aliphatic heterocycles. The molecule has 0 unspecified atom stereocenters. The Balaban J connectivity index is 1.81. The average Bonchev–Trinajstić information content (AvgIpc) is 2.69. The molecule has 6 rings (SSSR count). The summed E-state index contributed by atoms with van der Waals surface area (Å²) < 4.78 is 0. The van der Waals surface area contributed by atoms with E-state index in [-0.39, 0.29) is 32.5 Å². The Hall–Kier alpha value is -1.96. The second-order valence-corrected chi connectivity index (χ2v) is 14.7. The van der Waals surface area contributed by atoms with Crippen LogP contribution in [0.4, 0.5) is 0 Å². The lowest BCUT2D eigenvalue weighted by Crippen LogP contribution is -2.69. The third-order valence-corrected chi connectivity index (χ3v) is 10.9. The summed E-state index contributed by atoms with van der Waals surface area (Å²) in [5, 5.41) is 20.7. The van der Waals surface area contributed by atoms with Gasteiger partial charge in [0.15, 0.2) is 0 Å². The van der Waals surface area contributed by atoms with Gasteiger partial charge in [0.2, 0.25) is 0 Å². The van der Waals surface area contributed by atoms with Gasteiger partial charge in [-0.3, -0.25) is 0 Å². The monoisotopic (exact) mass is 460 g/mol. The zero-order valence-electron chi connectivity index (χ0n) is 22.6. The molecule has 34 heavy (non-hydrogen) atoms. The second kappa shape index (κ2) is 6.83. The Morgan fingerprint density at radius 3 is 1.21 bits per heavy atom. The zero-order valence-corrected chi connectivity index (χ0v) is 22.6. The standard InChI is InChI=1S/C32H44O2/c1-21-13-23(9-11-25(21)33)29-15-30(24-10-12-26(34)22(2)14-24)18-31(16-29,27(3,4)5)20-32(17-29,19-30)28(6,7)8/h9-14,33-34H,15-20H2,1-8H3. The van der Waals surface area contributed by atoms with Crippen LogP contribution in [0.2, 0.25) is 0 Å². The zero-order chi connectivity index (χ0) is 24.9. The molecule has 2 aromatic rings. The number of phenols is 2. The van der Waals surface area contributed by atoms with Gasteiger partial charge in [0.25, 0.3) is 0 Å². The highest BCUT2D eigenvalue weighted by Gasteiger charge is 2.72. The first-order valence-electron chi connectivity index (χ1n) is 13.2. The molecule has 4 fully saturated rings. The van der Waals surface area contributed by atoms with E-state index in [0.717, 1.165) is 17.5 Å². The van der Waals surface area contributed by atoms with Gasteiger partial charge in [-0.15, -0.1) is 0 Å². The number of phenolic OH excluding ortho intramolecular Hbond substituents is 2. The summed E-state index contributed by atoms with van der Waals surface area (Å²) in [7, 11) is 0. The van der Waals surface area contributed by atoms with Crippen molar-refractivity contribution in [2.45, 2.75) is 105 Å². The van der Waals surface area contributed by atoms with Crippen LogP contribution in [0.25, 0.3) is 0 Å². The molecule has 0 heterocycles. The van der Waals surface area contributed by atoms with Crippen molar-refractivity contribution in [2.75, 3.05) is 0 Å². The fourth-order valence-electron chi connectivity index (χ4n) is 8.81. The lowest BCUT2D eigenvalue weighted by molar-refractivity contribution is -0.214. The molecule has 4 saturated carbocycles. The Bertz CT molecular complexity index is 1040. The molecule has 2 nitrogen and oxygen atoms in total. The Labute approximate surface area is 206 Å². The van der Waals surface area contributed by atoms with Crippen LogP contribution in [-0.2, 0) is 10.8 Å². The lowest BCUT2D eigenvalue weighted by Gasteiger charge is -2.76. The van der Waals surface area contributed by atoms with E-state index in [9.17, 15) is 10.2 Å². The van der Waals surface area contributed by atoms with Crippen molar-refractivity contribution in [3.8, 4) is 11.5 Å². The number of aryl methyl sites for hydroxylation is 2. The summed E-state index contributed by atoms with van der Waals surface area (Å²) in [6, 6.07) is 12.9. The minimum Gasteiger partial charge on any atom is -0.508 e. The van der Waals surface area contributed by atoms with Crippen molar-refractivity contribution < 1.29 is 10.2 Å². The van der Waals surface area contributed by atoms with E-state index >= 15 is 0 Å². The summed E-state index contributed by atoms with van der Waals surface area (Å²) in [5.41, 5.74) is 5.87. The van der Waals surface area contributed by atoms with Gasteiger partial charge in [-0.05, 0) is 119 Å².